The second-order valence-corrected chi connectivity index (χ2v) is 10.6. The molecule has 2 heterocycles. The lowest BCUT2D eigenvalue weighted by Gasteiger charge is -2.41. The van der Waals surface area contributed by atoms with Crippen molar-refractivity contribution in [3.8, 4) is 23.0 Å². The van der Waals surface area contributed by atoms with Gasteiger partial charge in [0.05, 0.1) is 6.10 Å². The van der Waals surface area contributed by atoms with Gasteiger partial charge in [0.2, 0.25) is 0 Å². The highest BCUT2D eigenvalue weighted by molar-refractivity contribution is 5.87. The Bertz CT molecular complexity index is 1680. The number of aryl methyl sites for hydroxylation is 1. The van der Waals surface area contributed by atoms with Gasteiger partial charge in [0.15, 0.2) is 5.43 Å². The van der Waals surface area contributed by atoms with Crippen LogP contribution in [0.15, 0.2) is 69.4 Å². The van der Waals surface area contributed by atoms with Crippen molar-refractivity contribution >= 4 is 17.0 Å². The van der Waals surface area contributed by atoms with Gasteiger partial charge in [-0.3, -0.25) is 4.79 Å². The van der Waals surface area contributed by atoms with E-state index in [-0.39, 0.29) is 51.7 Å². The van der Waals surface area contributed by atoms with Crippen LogP contribution in [0.2, 0.25) is 0 Å². The first kappa shape index (κ1) is 25.0. The molecule has 0 bridgehead atoms. The molecule has 4 aromatic rings. The number of ether oxygens (including phenoxy) is 1. The highest BCUT2D eigenvalue weighted by Gasteiger charge is 2.42. The Morgan fingerprint density at radius 1 is 1.03 bits per heavy atom. The van der Waals surface area contributed by atoms with Gasteiger partial charge in [0.25, 0.3) is 0 Å². The van der Waals surface area contributed by atoms with Gasteiger partial charge in [-0.2, -0.15) is 0 Å². The normalized spacial score (nSPS) is 21.0. The van der Waals surface area contributed by atoms with E-state index in [1.807, 2.05) is 19.1 Å². The van der Waals surface area contributed by atoms with Crippen LogP contribution in [0, 0.1) is 0 Å². The van der Waals surface area contributed by atoms with E-state index in [2.05, 4.69) is 18.2 Å². The van der Waals surface area contributed by atoms with E-state index in [4.69, 9.17) is 9.15 Å². The summed E-state index contributed by atoms with van der Waals surface area (Å²) in [5.41, 5.74) is 2.44. The van der Waals surface area contributed by atoms with Crippen LogP contribution in [-0.2, 0) is 12.8 Å². The highest BCUT2D eigenvalue weighted by atomic mass is 16.5. The third-order valence-corrected chi connectivity index (χ3v) is 7.74. The molecule has 0 amide bonds. The number of hydrogen-bond donors (Lipinski definition) is 5. The molecule has 0 saturated carbocycles. The van der Waals surface area contributed by atoms with Gasteiger partial charge in [0, 0.05) is 36.6 Å². The number of phenols is 3. The molecule has 5 N–H and O–H groups in total. The van der Waals surface area contributed by atoms with E-state index in [1.54, 1.807) is 0 Å². The van der Waals surface area contributed by atoms with E-state index >= 15 is 0 Å². The van der Waals surface area contributed by atoms with Crippen molar-refractivity contribution in [1.29, 1.82) is 0 Å². The summed E-state index contributed by atoms with van der Waals surface area (Å²) in [6, 6.07) is 14.4. The second-order valence-electron chi connectivity index (χ2n) is 10.6. The third kappa shape index (κ3) is 4.41. The van der Waals surface area contributed by atoms with Crippen LogP contribution in [0.1, 0.15) is 53.9 Å². The minimum Gasteiger partial charge on any atom is -0.508 e. The van der Waals surface area contributed by atoms with Crippen LogP contribution in [0.5, 0.6) is 23.0 Å². The summed E-state index contributed by atoms with van der Waals surface area (Å²) >= 11 is 0. The largest absolute Gasteiger partial charge is 0.508 e. The molecule has 0 fully saturated rings. The fourth-order valence-corrected chi connectivity index (χ4v) is 5.66. The maximum absolute atomic E-state index is 13.0. The summed E-state index contributed by atoms with van der Waals surface area (Å²) in [5.74, 6) is -0.710. The number of benzene rings is 3. The van der Waals surface area contributed by atoms with Gasteiger partial charge >= 0.3 is 0 Å². The quantitative estimate of drug-likeness (QED) is 0.261. The Morgan fingerprint density at radius 3 is 2.54 bits per heavy atom. The molecule has 200 valence electrons. The lowest BCUT2D eigenvalue weighted by Crippen LogP contribution is -2.49. The molecule has 8 heteroatoms. The predicted molar refractivity (Wildman–Crippen MR) is 144 cm³/mol. The molecule has 0 radical (unpaired) electrons. The summed E-state index contributed by atoms with van der Waals surface area (Å²) in [4.78, 5) is 13.0. The van der Waals surface area contributed by atoms with Gasteiger partial charge in [-0.05, 0) is 48.6 Å². The van der Waals surface area contributed by atoms with Crippen LogP contribution in [0.25, 0.3) is 17.0 Å². The number of phenolic OH excluding ortho intramolecular Hbond substituents is 3. The van der Waals surface area contributed by atoms with Crippen molar-refractivity contribution in [3.63, 3.8) is 0 Å². The SMILES string of the molecule is C[C@@]1(CC2=Cc3ccccc3CC2)Oc2cc3oc([C@H](O)c4cc(O)cc(O)c4)cc(=O)c3c(O)c2C[C@H]1O. The molecule has 6 rings (SSSR count). The first-order valence-electron chi connectivity index (χ1n) is 12.8. The van der Waals surface area contributed by atoms with Crippen molar-refractivity contribution in [2.24, 2.45) is 0 Å². The topological polar surface area (TPSA) is 141 Å². The fourth-order valence-electron chi connectivity index (χ4n) is 5.66. The van der Waals surface area contributed by atoms with E-state index in [9.17, 15) is 30.3 Å². The van der Waals surface area contributed by atoms with Crippen molar-refractivity contribution in [3.05, 3.63) is 98.4 Å². The smallest absolute Gasteiger partial charge is 0.196 e. The van der Waals surface area contributed by atoms with Gasteiger partial charge in [-0.1, -0.05) is 35.9 Å². The number of rotatable bonds is 4. The molecular formula is C31H28O8. The predicted octanol–water partition coefficient (Wildman–Crippen LogP) is 4.47. The standard InChI is InChI=1S/C31H28O8/c1-31(15-16-6-7-17-4-2-3-5-18(17)8-16)27(35)12-22-24(39-31)14-25-28(30(22)37)23(34)13-26(38-25)29(36)19-9-20(32)11-21(33)10-19/h2-5,8-11,13-14,27,29,32-33,35-37H,6-7,12,15H2,1H3/t27-,29-,31+/m1/s1. The zero-order valence-electron chi connectivity index (χ0n) is 21.2. The zero-order chi connectivity index (χ0) is 27.5. The molecule has 0 spiro atoms. The zero-order valence-corrected chi connectivity index (χ0v) is 21.2. The Balaban J connectivity index is 1.37. The van der Waals surface area contributed by atoms with Crippen LogP contribution in [-0.4, -0.2) is 37.2 Å². The molecule has 39 heavy (non-hydrogen) atoms. The van der Waals surface area contributed by atoms with Crippen molar-refractivity contribution in [2.45, 2.75) is 50.4 Å². The Kier molecular flexibility index (Phi) is 5.89. The summed E-state index contributed by atoms with van der Waals surface area (Å²) in [5, 5.41) is 52.4. The molecule has 1 aliphatic carbocycles. The van der Waals surface area contributed by atoms with Gasteiger partial charge in [-0.15, -0.1) is 0 Å². The van der Waals surface area contributed by atoms with E-state index < -0.39 is 23.2 Å². The minimum absolute atomic E-state index is 0.00160. The van der Waals surface area contributed by atoms with Gasteiger partial charge in [-0.25, -0.2) is 0 Å². The Hall–Kier alpha value is -4.27. The van der Waals surface area contributed by atoms with Crippen LogP contribution in [0.4, 0.5) is 0 Å². The molecule has 3 atom stereocenters. The van der Waals surface area contributed by atoms with E-state index in [0.717, 1.165) is 36.1 Å². The number of aliphatic hydroxyl groups is 2. The minimum atomic E-state index is -1.47. The van der Waals surface area contributed by atoms with E-state index in [1.165, 1.54) is 23.8 Å². The van der Waals surface area contributed by atoms with Crippen molar-refractivity contribution < 1.29 is 34.7 Å². The first-order valence-corrected chi connectivity index (χ1v) is 12.8. The molecule has 8 nitrogen and oxygen atoms in total. The summed E-state index contributed by atoms with van der Waals surface area (Å²) in [6.45, 7) is 1.83. The van der Waals surface area contributed by atoms with Crippen molar-refractivity contribution in [2.75, 3.05) is 0 Å². The molecule has 1 aromatic heterocycles. The average molecular weight is 529 g/mol. The van der Waals surface area contributed by atoms with Crippen molar-refractivity contribution in [1.82, 2.24) is 0 Å². The average Bonchev–Trinajstić information content (AvgIpc) is 2.88. The van der Waals surface area contributed by atoms with Gasteiger partial charge < -0.3 is 34.7 Å². The fraction of sp³-hybridized carbons (Fsp3) is 0.258. The number of aliphatic hydroxyl groups excluding tert-OH is 2. The van der Waals surface area contributed by atoms with Crippen LogP contribution >= 0.6 is 0 Å². The maximum atomic E-state index is 13.0. The molecule has 0 unspecified atom stereocenters. The lowest BCUT2D eigenvalue weighted by atomic mass is 9.80. The van der Waals surface area contributed by atoms with Crippen LogP contribution in [0.3, 0.4) is 0 Å². The second kappa shape index (κ2) is 9.18. The van der Waals surface area contributed by atoms with Gasteiger partial charge in [0.1, 0.15) is 51.4 Å². The molecule has 1 aliphatic heterocycles. The summed E-state index contributed by atoms with van der Waals surface area (Å²) in [6.07, 6.45) is 2.06. The first-order chi connectivity index (χ1) is 18.6. The number of aromatic hydroxyl groups is 3. The summed E-state index contributed by atoms with van der Waals surface area (Å²) < 4.78 is 12.2. The monoisotopic (exact) mass is 528 g/mol. The highest BCUT2D eigenvalue weighted by Crippen LogP contribution is 2.45. The lowest BCUT2D eigenvalue weighted by molar-refractivity contribution is -0.0543. The molecular weight excluding hydrogens is 500 g/mol. The number of fused-ring (bicyclic) bond motifs is 3. The van der Waals surface area contributed by atoms with Crippen LogP contribution < -0.4 is 10.2 Å². The Labute approximate surface area is 223 Å². The molecule has 2 aliphatic rings. The molecule has 0 saturated heterocycles. The molecule has 3 aromatic carbocycles. The third-order valence-electron chi connectivity index (χ3n) is 7.74. The maximum Gasteiger partial charge on any atom is 0.196 e. The number of hydrogen-bond acceptors (Lipinski definition) is 8. The van der Waals surface area contributed by atoms with E-state index in [0.29, 0.717) is 12.0 Å². The Morgan fingerprint density at radius 2 is 1.77 bits per heavy atom. The summed E-state index contributed by atoms with van der Waals surface area (Å²) in [7, 11) is 0.